The van der Waals surface area contributed by atoms with Gasteiger partial charge in [0.1, 0.15) is 0 Å². The molecule has 2 aliphatic carbocycles. The van der Waals surface area contributed by atoms with Crippen LogP contribution in [0.5, 0.6) is 0 Å². The third kappa shape index (κ3) is 0.715. The molecule has 0 aromatic rings. The molecule has 0 aromatic carbocycles. The number of hydrogen-bond donors (Lipinski definition) is 0. The maximum atomic E-state index is 5.29. The van der Waals surface area contributed by atoms with Crippen LogP contribution >= 0.6 is 0 Å². The molecule has 50 valence electrons. The first-order valence-electron chi connectivity index (χ1n) is 3.61. The smallest absolute Gasteiger partial charge is 0.0639 e. The highest BCUT2D eigenvalue weighted by molar-refractivity contribution is 5.10. The van der Waals surface area contributed by atoms with Crippen LogP contribution in [0.2, 0.25) is 0 Å². The summed E-state index contributed by atoms with van der Waals surface area (Å²) in [6, 6.07) is 0. The van der Waals surface area contributed by atoms with Crippen molar-refractivity contribution in [3.63, 3.8) is 0 Å². The van der Waals surface area contributed by atoms with E-state index in [4.69, 9.17) is 4.74 Å². The van der Waals surface area contributed by atoms with E-state index in [-0.39, 0.29) is 0 Å². The maximum absolute atomic E-state index is 5.29. The lowest BCUT2D eigenvalue weighted by Crippen LogP contribution is -2.15. The second-order valence-corrected chi connectivity index (χ2v) is 3.05. The molecule has 0 N–H and O–H groups in total. The number of fused-ring (bicyclic) bond motifs is 2. The predicted octanol–water partition coefficient (Wildman–Crippen LogP) is 1.60. The van der Waals surface area contributed by atoms with Crippen molar-refractivity contribution in [2.24, 2.45) is 11.8 Å². The van der Waals surface area contributed by atoms with Gasteiger partial charge in [0.05, 0.1) is 6.10 Å². The van der Waals surface area contributed by atoms with E-state index in [9.17, 15) is 0 Å². The molecule has 2 bridgehead atoms. The normalized spacial score (nSPS) is 46.6. The molecular weight excluding hydrogens is 112 g/mol. The van der Waals surface area contributed by atoms with Gasteiger partial charge in [-0.15, -0.1) is 0 Å². The van der Waals surface area contributed by atoms with Gasteiger partial charge in [-0.2, -0.15) is 0 Å². The molecule has 0 amide bonds. The Morgan fingerprint density at radius 1 is 1.33 bits per heavy atom. The largest absolute Gasteiger partial charge is 0.381 e. The fourth-order valence-electron chi connectivity index (χ4n) is 2.00. The molecule has 1 heteroatoms. The molecule has 0 heterocycles. The summed E-state index contributed by atoms with van der Waals surface area (Å²) in [6.07, 6.45) is 7.79. The summed E-state index contributed by atoms with van der Waals surface area (Å²) >= 11 is 0. The molecule has 3 atom stereocenters. The second-order valence-electron chi connectivity index (χ2n) is 3.05. The first-order chi connectivity index (χ1) is 4.40. The Kier molecular flexibility index (Phi) is 1.12. The van der Waals surface area contributed by atoms with Crippen molar-refractivity contribution in [3.05, 3.63) is 12.2 Å². The lowest BCUT2D eigenvalue weighted by atomic mass is 10.1. The van der Waals surface area contributed by atoms with Gasteiger partial charge in [0.2, 0.25) is 0 Å². The first-order valence-corrected chi connectivity index (χ1v) is 3.61. The molecule has 0 radical (unpaired) electrons. The molecular formula is C8H12O. The van der Waals surface area contributed by atoms with Gasteiger partial charge >= 0.3 is 0 Å². The molecule has 9 heavy (non-hydrogen) atoms. The Hall–Kier alpha value is -0.300. The van der Waals surface area contributed by atoms with E-state index in [1.54, 1.807) is 0 Å². The van der Waals surface area contributed by atoms with Gasteiger partial charge in [0.15, 0.2) is 0 Å². The maximum Gasteiger partial charge on any atom is 0.0639 e. The molecule has 0 aromatic heterocycles. The third-order valence-corrected chi connectivity index (χ3v) is 2.52. The standard InChI is InChI=1S/C8H12O/c1-9-8-5-6-2-3-7(8)4-6/h2-3,6-8H,4-5H2,1H3/t6-,7+,8-/m0/s1. The van der Waals surface area contributed by atoms with Gasteiger partial charge in [-0.3, -0.25) is 0 Å². The monoisotopic (exact) mass is 124 g/mol. The predicted molar refractivity (Wildman–Crippen MR) is 36.2 cm³/mol. The molecule has 2 aliphatic rings. The minimum Gasteiger partial charge on any atom is -0.381 e. The van der Waals surface area contributed by atoms with Crippen LogP contribution in [0.25, 0.3) is 0 Å². The van der Waals surface area contributed by atoms with Crippen LogP contribution in [0.4, 0.5) is 0 Å². The van der Waals surface area contributed by atoms with E-state index in [2.05, 4.69) is 12.2 Å². The molecule has 1 fully saturated rings. The fourth-order valence-corrected chi connectivity index (χ4v) is 2.00. The summed E-state index contributed by atoms with van der Waals surface area (Å²) in [5.41, 5.74) is 0. The van der Waals surface area contributed by atoms with E-state index in [0.29, 0.717) is 6.10 Å². The molecule has 0 unspecified atom stereocenters. The fraction of sp³-hybridized carbons (Fsp3) is 0.750. The summed E-state index contributed by atoms with van der Waals surface area (Å²) in [5, 5.41) is 0. The van der Waals surface area contributed by atoms with Crippen molar-refractivity contribution >= 4 is 0 Å². The lowest BCUT2D eigenvalue weighted by Gasteiger charge is -2.14. The van der Waals surface area contributed by atoms with Crippen LogP contribution in [-0.4, -0.2) is 13.2 Å². The summed E-state index contributed by atoms with van der Waals surface area (Å²) in [6.45, 7) is 0. The zero-order valence-electron chi connectivity index (χ0n) is 5.71. The van der Waals surface area contributed by atoms with E-state index in [1.165, 1.54) is 12.8 Å². The number of rotatable bonds is 1. The zero-order valence-corrected chi connectivity index (χ0v) is 5.71. The van der Waals surface area contributed by atoms with Crippen molar-refractivity contribution in [3.8, 4) is 0 Å². The summed E-state index contributed by atoms with van der Waals surface area (Å²) < 4.78 is 5.29. The van der Waals surface area contributed by atoms with Gasteiger partial charge < -0.3 is 4.74 Å². The molecule has 0 spiro atoms. The van der Waals surface area contributed by atoms with Crippen molar-refractivity contribution in [2.45, 2.75) is 18.9 Å². The highest BCUT2D eigenvalue weighted by Gasteiger charge is 2.35. The molecule has 1 nitrogen and oxygen atoms in total. The van der Waals surface area contributed by atoms with Crippen molar-refractivity contribution in [1.29, 1.82) is 0 Å². The Balaban J connectivity index is 2.10. The SMILES string of the molecule is CO[C@H]1C[C@H]2C=C[C@@H]1C2. The first kappa shape index (κ1) is 5.48. The average Bonchev–Trinajstić information content (AvgIpc) is 2.45. The van der Waals surface area contributed by atoms with Gasteiger partial charge in [-0.1, -0.05) is 12.2 Å². The average molecular weight is 124 g/mol. The number of ether oxygens (including phenoxy) is 1. The Labute approximate surface area is 55.7 Å². The van der Waals surface area contributed by atoms with Crippen molar-refractivity contribution in [2.75, 3.05) is 7.11 Å². The third-order valence-electron chi connectivity index (χ3n) is 2.52. The van der Waals surface area contributed by atoms with Crippen LogP contribution in [-0.2, 0) is 4.74 Å². The minimum atomic E-state index is 0.542. The highest BCUT2D eigenvalue weighted by Crippen LogP contribution is 2.40. The molecule has 1 saturated carbocycles. The summed E-state index contributed by atoms with van der Waals surface area (Å²) in [4.78, 5) is 0. The summed E-state index contributed by atoms with van der Waals surface area (Å²) in [5.74, 6) is 1.60. The number of allylic oxidation sites excluding steroid dienone is 1. The van der Waals surface area contributed by atoms with Crippen LogP contribution in [0, 0.1) is 11.8 Å². The van der Waals surface area contributed by atoms with E-state index >= 15 is 0 Å². The van der Waals surface area contributed by atoms with E-state index in [0.717, 1.165) is 11.8 Å². The van der Waals surface area contributed by atoms with Crippen LogP contribution in [0.3, 0.4) is 0 Å². The topological polar surface area (TPSA) is 9.23 Å². The number of hydrogen-bond acceptors (Lipinski definition) is 1. The lowest BCUT2D eigenvalue weighted by molar-refractivity contribution is 0.0825. The van der Waals surface area contributed by atoms with E-state index in [1.807, 2.05) is 7.11 Å². The van der Waals surface area contributed by atoms with E-state index < -0.39 is 0 Å². The van der Waals surface area contributed by atoms with Crippen molar-refractivity contribution < 1.29 is 4.74 Å². The Morgan fingerprint density at radius 2 is 2.22 bits per heavy atom. The van der Waals surface area contributed by atoms with Crippen LogP contribution in [0.15, 0.2) is 12.2 Å². The van der Waals surface area contributed by atoms with Gasteiger partial charge in [0, 0.05) is 13.0 Å². The number of methoxy groups -OCH3 is 1. The molecule has 0 saturated heterocycles. The Bertz CT molecular complexity index is 140. The zero-order chi connectivity index (χ0) is 6.27. The minimum absolute atomic E-state index is 0.542. The molecule has 2 rings (SSSR count). The van der Waals surface area contributed by atoms with Gasteiger partial charge in [-0.25, -0.2) is 0 Å². The van der Waals surface area contributed by atoms with Crippen LogP contribution in [0.1, 0.15) is 12.8 Å². The van der Waals surface area contributed by atoms with Gasteiger partial charge in [-0.05, 0) is 18.8 Å². The van der Waals surface area contributed by atoms with Gasteiger partial charge in [0.25, 0.3) is 0 Å². The summed E-state index contributed by atoms with van der Waals surface area (Å²) in [7, 11) is 1.82. The van der Waals surface area contributed by atoms with Crippen LogP contribution < -0.4 is 0 Å². The second kappa shape index (κ2) is 1.84. The molecule has 0 aliphatic heterocycles. The Morgan fingerprint density at radius 3 is 2.56 bits per heavy atom. The highest BCUT2D eigenvalue weighted by atomic mass is 16.5. The quantitative estimate of drug-likeness (QED) is 0.482. The van der Waals surface area contributed by atoms with Crippen molar-refractivity contribution in [1.82, 2.24) is 0 Å².